The van der Waals surface area contributed by atoms with Crippen molar-refractivity contribution >= 4 is 11.6 Å². The van der Waals surface area contributed by atoms with Gasteiger partial charge in [0.15, 0.2) is 11.5 Å². The van der Waals surface area contributed by atoms with Crippen molar-refractivity contribution in [2.75, 3.05) is 19.8 Å². The minimum Gasteiger partial charge on any atom is -0.506 e. The number of ether oxygens (including phenoxy) is 2. The van der Waals surface area contributed by atoms with E-state index in [-0.39, 0.29) is 11.2 Å². The molecule has 0 radical (unpaired) electrons. The van der Waals surface area contributed by atoms with Crippen molar-refractivity contribution in [1.82, 2.24) is 0 Å². The van der Waals surface area contributed by atoms with Gasteiger partial charge in [-0.3, -0.25) is 0 Å². The second-order valence-electron chi connectivity index (χ2n) is 6.00. The normalized spacial score (nSPS) is 20.9. The van der Waals surface area contributed by atoms with Crippen molar-refractivity contribution in [2.24, 2.45) is 5.73 Å². The second kappa shape index (κ2) is 5.93. The van der Waals surface area contributed by atoms with Crippen LogP contribution < -0.4 is 15.2 Å². The molecule has 2 aliphatic rings. The number of phenols is 1. The molecule has 3 rings (SSSR count). The molecule has 1 aliphatic heterocycles. The van der Waals surface area contributed by atoms with Gasteiger partial charge in [0.1, 0.15) is 5.75 Å². The van der Waals surface area contributed by atoms with Crippen LogP contribution in [0.4, 0.5) is 0 Å². The van der Waals surface area contributed by atoms with Crippen LogP contribution in [0.1, 0.15) is 44.1 Å². The number of hydrogen-bond acceptors (Lipinski definition) is 4. The van der Waals surface area contributed by atoms with Crippen LogP contribution in [0.5, 0.6) is 17.2 Å². The third-order valence-corrected chi connectivity index (χ3v) is 4.98. The largest absolute Gasteiger partial charge is 0.506 e. The van der Waals surface area contributed by atoms with E-state index in [1.807, 2.05) is 0 Å². The van der Waals surface area contributed by atoms with Crippen molar-refractivity contribution in [3.05, 3.63) is 16.7 Å². The zero-order chi connectivity index (χ0) is 14.9. The molecule has 0 bridgehead atoms. The molecule has 5 heteroatoms. The van der Waals surface area contributed by atoms with Crippen molar-refractivity contribution in [3.8, 4) is 17.2 Å². The number of rotatable bonds is 2. The van der Waals surface area contributed by atoms with Gasteiger partial charge in [-0.2, -0.15) is 0 Å². The van der Waals surface area contributed by atoms with E-state index in [0.717, 1.165) is 37.7 Å². The van der Waals surface area contributed by atoms with Gasteiger partial charge in [0, 0.05) is 30.0 Å². The third kappa shape index (κ3) is 2.55. The Hall–Kier alpha value is -1.13. The SMILES string of the molecule is NCC1(c2c(O)c(Cl)cc3c2OCCCO3)CCCCC1. The number of phenolic OH excluding ortho intramolecular Hbond substituents is 1. The molecule has 4 nitrogen and oxygen atoms in total. The quantitative estimate of drug-likeness (QED) is 0.879. The molecule has 1 saturated carbocycles. The molecule has 1 aromatic rings. The summed E-state index contributed by atoms with van der Waals surface area (Å²) in [6.07, 6.45) is 6.16. The Labute approximate surface area is 130 Å². The van der Waals surface area contributed by atoms with Gasteiger partial charge in [-0.25, -0.2) is 0 Å². The van der Waals surface area contributed by atoms with Crippen LogP contribution in [-0.2, 0) is 5.41 Å². The lowest BCUT2D eigenvalue weighted by molar-refractivity contribution is 0.263. The summed E-state index contributed by atoms with van der Waals surface area (Å²) in [6.45, 7) is 1.67. The predicted molar refractivity (Wildman–Crippen MR) is 82.5 cm³/mol. The topological polar surface area (TPSA) is 64.7 Å². The first-order valence-electron chi connectivity index (χ1n) is 7.69. The van der Waals surface area contributed by atoms with Gasteiger partial charge in [0.05, 0.1) is 18.2 Å². The van der Waals surface area contributed by atoms with E-state index in [9.17, 15) is 5.11 Å². The summed E-state index contributed by atoms with van der Waals surface area (Å²) < 4.78 is 11.6. The lowest BCUT2D eigenvalue weighted by atomic mass is 9.68. The summed E-state index contributed by atoms with van der Waals surface area (Å²) in [5, 5.41) is 10.9. The molecule has 116 valence electrons. The number of nitrogens with two attached hydrogens (primary N) is 1. The van der Waals surface area contributed by atoms with Crippen LogP contribution in [-0.4, -0.2) is 24.9 Å². The Balaban J connectivity index is 2.17. The molecule has 0 spiro atoms. The van der Waals surface area contributed by atoms with E-state index < -0.39 is 0 Å². The van der Waals surface area contributed by atoms with Crippen LogP contribution in [0.15, 0.2) is 6.07 Å². The fourth-order valence-electron chi connectivity index (χ4n) is 3.54. The molecule has 1 aliphatic carbocycles. The average molecular weight is 312 g/mol. The summed E-state index contributed by atoms with van der Waals surface area (Å²) in [4.78, 5) is 0. The molecule has 1 fully saturated rings. The molecular weight excluding hydrogens is 290 g/mol. The first kappa shape index (κ1) is 14.8. The maximum Gasteiger partial charge on any atom is 0.168 e. The Bertz CT molecular complexity index is 527. The molecule has 0 amide bonds. The number of benzene rings is 1. The number of hydrogen-bond donors (Lipinski definition) is 2. The van der Waals surface area contributed by atoms with Crippen LogP contribution in [0.2, 0.25) is 5.02 Å². The van der Waals surface area contributed by atoms with Crippen molar-refractivity contribution in [1.29, 1.82) is 0 Å². The molecule has 0 saturated heterocycles. The first-order valence-corrected chi connectivity index (χ1v) is 8.07. The van der Waals surface area contributed by atoms with Crippen molar-refractivity contribution in [3.63, 3.8) is 0 Å². The monoisotopic (exact) mass is 311 g/mol. The maximum atomic E-state index is 10.6. The fourth-order valence-corrected chi connectivity index (χ4v) is 3.74. The van der Waals surface area contributed by atoms with E-state index in [4.69, 9.17) is 26.8 Å². The van der Waals surface area contributed by atoms with E-state index in [0.29, 0.717) is 36.3 Å². The minimum atomic E-state index is -0.259. The molecule has 21 heavy (non-hydrogen) atoms. The van der Waals surface area contributed by atoms with E-state index in [1.165, 1.54) is 6.42 Å². The average Bonchev–Trinajstić information content (AvgIpc) is 2.74. The van der Waals surface area contributed by atoms with Crippen LogP contribution >= 0.6 is 11.6 Å². The number of halogens is 1. The van der Waals surface area contributed by atoms with E-state index in [2.05, 4.69) is 0 Å². The van der Waals surface area contributed by atoms with Gasteiger partial charge >= 0.3 is 0 Å². The van der Waals surface area contributed by atoms with Crippen molar-refractivity contribution < 1.29 is 14.6 Å². The van der Waals surface area contributed by atoms with Crippen molar-refractivity contribution in [2.45, 2.75) is 43.9 Å². The molecular formula is C16H22ClNO3. The molecule has 0 unspecified atom stereocenters. The summed E-state index contributed by atoms with van der Waals surface area (Å²) in [7, 11) is 0. The minimum absolute atomic E-state index is 0.105. The van der Waals surface area contributed by atoms with Gasteiger partial charge < -0.3 is 20.3 Å². The van der Waals surface area contributed by atoms with Gasteiger partial charge in [0.25, 0.3) is 0 Å². The summed E-state index contributed by atoms with van der Waals surface area (Å²) in [5.74, 6) is 1.37. The standard InChI is InChI=1S/C16H22ClNO3/c17-11-9-12-15(21-8-4-7-20-12)13(14(11)19)16(10-18)5-2-1-3-6-16/h9,19H,1-8,10,18H2. The first-order chi connectivity index (χ1) is 10.2. The predicted octanol–water partition coefficient (Wildman–Crippen LogP) is 3.37. The van der Waals surface area contributed by atoms with Crippen LogP contribution in [0, 0.1) is 0 Å². The van der Waals surface area contributed by atoms with Gasteiger partial charge in [0.2, 0.25) is 0 Å². The highest BCUT2D eigenvalue weighted by Gasteiger charge is 2.40. The Morgan fingerprint density at radius 3 is 2.57 bits per heavy atom. The number of aromatic hydroxyl groups is 1. The molecule has 0 atom stereocenters. The Morgan fingerprint density at radius 1 is 1.14 bits per heavy atom. The zero-order valence-corrected chi connectivity index (χ0v) is 12.9. The highest BCUT2D eigenvalue weighted by atomic mass is 35.5. The lowest BCUT2D eigenvalue weighted by Crippen LogP contribution is -2.37. The summed E-state index contributed by atoms with van der Waals surface area (Å²) in [5.41, 5.74) is 6.61. The molecule has 1 heterocycles. The van der Waals surface area contributed by atoms with Crippen LogP contribution in [0.3, 0.4) is 0 Å². The molecule has 1 aromatic carbocycles. The Morgan fingerprint density at radius 2 is 1.86 bits per heavy atom. The maximum absolute atomic E-state index is 10.6. The van der Waals surface area contributed by atoms with E-state index in [1.54, 1.807) is 6.07 Å². The smallest absolute Gasteiger partial charge is 0.168 e. The highest BCUT2D eigenvalue weighted by molar-refractivity contribution is 6.32. The third-order valence-electron chi connectivity index (χ3n) is 4.70. The fraction of sp³-hybridized carbons (Fsp3) is 0.625. The lowest BCUT2D eigenvalue weighted by Gasteiger charge is -2.38. The van der Waals surface area contributed by atoms with Crippen LogP contribution in [0.25, 0.3) is 0 Å². The summed E-state index contributed by atoms with van der Waals surface area (Å²) in [6, 6.07) is 1.65. The zero-order valence-electron chi connectivity index (χ0n) is 12.2. The Kier molecular flexibility index (Phi) is 4.18. The van der Waals surface area contributed by atoms with E-state index >= 15 is 0 Å². The molecule has 0 aromatic heterocycles. The van der Waals surface area contributed by atoms with Gasteiger partial charge in [-0.05, 0) is 12.8 Å². The van der Waals surface area contributed by atoms with Gasteiger partial charge in [-0.15, -0.1) is 0 Å². The molecule has 3 N–H and O–H groups in total. The summed E-state index contributed by atoms with van der Waals surface area (Å²) >= 11 is 6.22. The second-order valence-corrected chi connectivity index (χ2v) is 6.41. The number of fused-ring (bicyclic) bond motifs is 1. The van der Waals surface area contributed by atoms with Gasteiger partial charge in [-0.1, -0.05) is 30.9 Å². The highest BCUT2D eigenvalue weighted by Crippen LogP contribution is 2.52.